The lowest BCUT2D eigenvalue weighted by Crippen LogP contribution is -2.41. The number of aliphatic imine (C=N–C) groups is 1. The number of nitrogens with zero attached hydrogens (tertiary/aromatic N) is 5. The Hall–Kier alpha value is -3.93. The molecule has 2 aromatic heterocycles. The molecule has 1 amide bonds. The van der Waals surface area contributed by atoms with Gasteiger partial charge in [0.1, 0.15) is 24.2 Å². The molecule has 9 nitrogen and oxygen atoms in total. The van der Waals surface area contributed by atoms with Crippen LogP contribution in [0.25, 0.3) is 0 Å². The van der Waals surface area contributed by atoms with Crippen LogP contribution in [0.1, 0.15) is 71.6 Å². The number of anilines is 2. The smallest absolute Gasteiger partial charge is 0.433 e. The zero-order valence-corrected chi connectivity index (χ0v) is 21.4. The Morgan fingerprint density at radius 1 is 1.15 bits per heavy atom. The Bertz CT molecular complexity index is 1450. The van der Waals surface area contributed by atoms with E-state index in [9.17, 15) is 18.0 Å². The highest BCUT2D eigenvalue weighted by atomic mass is 19.4. The highest BCUT2D eigenvalue weighted by Gasteiger charge is 2.37. The number of alkyl halides is 3. The van der Waals surface area contributed by atoms with Gasteiger partial charge >= 0.3 is 6.18 Å². The number of carbonyl (C=O) groups excluding carboxylic acids is 1. The molecule has 3 aromatic rings. The number of pyridine rings is 1. The van der Waals surface area contributed by atoms with Crippen LogP contribution in [0.2, 0.25) is 0 Å². The van der Waals surface area contributed by atoms with Crippen LogP contribution >= 0.6 is 0 Å². The number of halogens is 3. The van der Waals surface area contributed by atoms with Crippen molar-refractivity contribution in [3.63, 3.8) is 0 Å². The third-order valence-electron chi connectivity index (χ3n) is 7.18. The summed E-state index contributed by atoms with van der Waals surface area (Å²) in [6.45, 7) is 4.76. The molecule has 5 heterocycles. The van der Waals surface area contributed by atoms with Crippen LogP contribution in [0.5, 0.6) is 5.75 Å². The summed E-state index contributed by atoms with van der Waals surface area (Å²) in [5.74, 6) is 0.228. The quantitative estimate of drug-likeness (QED) is 0.486. The molecule has 3 atom stereocenters. The number of aryl methyl sites for hydroxylation is 1. The van der Waals surface area contributed by atoms with Crippen LogP contribution in [0.15, 0.2) is 41.5 Å². The van der Waals surface area contributed by atoms with E-state index >= 15 is 0 Å². The van der Waals surface area contributed by atoms with Crippen molar-refractivity contribution in [2.75, 3.05) is 23.4 Å². The van der Waals surface area contributed by atoms with Gasteiger partial charge in [0.2, 0.25) is 0 Å². The summed E-state index contributed by atoms with van der Waals surface area (Å²) in [6, 6.07) is 7.69. The summed E-state index contributed by atoms with van der Waals surface area (Å²) < 4.78 is 52.6. The Morgan fingerprint density at radius 2 is 2.00 bits per heavy atom. The van der Waals surface area contributed by atoms with Gasteiger partial charge in [-0.3, -0.25) is 9.79 Å². The molecule has 0 spiro atoms. The van der Waals surface area contributed by atoms with E-state index in [1.807, 2.05) is 32.0 Å². The van der Waals surface area contributed by atoms with E-state index in [0.29, 0.717) is 30.3 Å². The van der Waals surface area contributed by atoms with Crippen molar-refractivity contribution in [3.8, 4) is 5.75 Å². The molecule has 12 heteroatoms. The molecule has 39 heavy (non-hydrogen) atoms. The normalized spacial score (nSPS) is 22.9. The van der Waals surface area contributed by atoms with Crippen LogP contribution in [-0.4, -0.2) is 46.1 Å². The zero-order valence-electron chi connectivity index (χ0n) is 21.4. The van der Waals surface area contributed by atoms with Crippen molar-refractivity contribution < 1.29 is 27.4 Å². The molecular weight excluding hydrogens is 513 g/mol. The maximum Gasteiger partial charge on any atom is 0.433 e. The van der Waals surface area contributed by atoms with Gasteiger partial charge in [-0.25, -0.2) is 9.67 Å². The first-order valence-electron chi connectivity index (χ1n) is 12.8. The number of nitrogens with one attached hydrogen (secondary N) is 1. The Morgan fingerprint density at radius 3 is 2.74 bits per heavy atom. The van der Waals surface area contributed by atoms with E-state index in [4.69, 9.17) is 9.47 Å². The fraction of sp³-hybridized carbons (Fsp3) is 0.407. The highest BCUT2D eigenvalue weighted by molar-refractivity contribution is 6.08. The van der Waals surface area contributed by atoms with Gasteiger partial charge in [-0.05, 0) is 62.4 Å². The first-order chi connectivity index (χ1) is 18.7. The number of benzene rings is 1. The van der Waals surface area contributed by atoms with E-state index in [0.717, 1.165) is 42.1 Å². The SMILES string of the molecule is Cc1cc(C2N=Cc3nc(C(F)(F)F)ccc3N2)ccc1N1C(=O)c2c(cnn2C2CCCCO2)OCC1C. The minimum Gasteiger partial charge on any atom is -0.487 e. The molecule has 0 radical (unpaired) electrons. The fourth-order valence-corrected chi connectivity index (χ4v) is 5.21. The third kappa shape index (κ3) is 4.62. The van der Waals surface area contributed by atoms with Crippen molar-refractivity contribution in [2.24, 2.45) is 4.99 Å². The maximum absolute atomic E-state index is 14.0. The monoisotopic (exact) mass is 540 g/mol. The number of hydrogen-bond donors (Lipinski definition) is 1. The standard InChI is InChI=1S/C27H27F3N6O3/c1-15-11-17(25-31-12-19-18(34-25)7-9-22(33-19)27(28,29)30)6-8-20(15)35-16(2)14-39-21-13-32-36(24(21)26(35)37)23-5-3-4-10-38-23/h6-9,11-13,16,23,25,34H,3-5,10,14H2,1-2H3. The second-order valence-corrected chi connectivity index (χ2v) is 9.96. The lowest BCUT2D eigenvalue weighted by atomic mass is 10.0. The zero-order chi connectivity index (χ0) is 27.3. The summed E-state index contributed by atoms with van der Waals surface area (Å²) >= 11 is 0. The summed E-state index contributed by atoms with van der Waals surface area (Å²) in [7, 11) is 0. The Labute approximate surface area is 222 Å². The number of rotatable bonds is 3. The highest BCUT2D eigenvalue weighted by Crippen LogP contribution is 2.36. The minimum atomic E-state index is -4.53. The van der Waals surface area contributed by atoms with Crippen molar-refractivity contribution in [1.82, 2.24) is 14.8 Å². The van der Waals surface area contributed by atoms with E-state index in [-0.39, 0.29) is 23.9 Å². The van der Waals surface area contributed by atoms with Gasteiger partial charge in [0.15, 0.2) is 17.7 Å². The van der Waals surface area contributed by atoms with Crippen molar-refractivity contribution in [2.45, 2.75) is 57.7 Å². The molecule has 3 unspecified atom stereocenters. The number of fused-ring (bicyclic) bond motifs is 2. The van der Waals surface area contributed by atoms with E-state index in [1.54, 1.807) is 15.8 Å². The number of carbonyl (C=O) groups is 1. The van der Waals surface area contributed by atoms with Crippen LogP contribution in [0, 0.1) is 6.92 Å². The summed E-state index contributed by atoms with van der Waals surface area (Å²) in [4.78, 5) is 23.7. The lowest BCUT2D eigenvalue weighted by molar-refractivity contribution is -0.141. The predicted molar refractivity (Wildman–Crippen MR) is 137 cm³/mol. The number of ether oxygens (including phenoxy) is 2. The van der Waals surface area contributed by atoms with E-state index in [2.05, 4.69) is 20.4 Å². The molecule has 0 bridgehead atoms. The molecule has 204 valence electrons. The fourth-order valence-electron chi connectivity index (χ4n) is 5.21. The molecule has 0 aliphatic carbocycles. The largest absolute Gasteiger partial charge is 0.487 e. The van der Waals surface area contributed by atoms with E-state index < -0.39 is 18.0 Å². The first-order valence-corrected chi connectivity index (χ1v) is 12.8. The lowest BCUT2D eigenvalue weighted by Gasteiger charge is -2.30. The van der Waals surface area contributed by atoms with Gasteiger partial charge in [-0.2, -0.15) is 18.3 Å². The number of aromatic nitrogens is 3. The van der Waals surface area contributed by atoms with Gasteiger partial charge in [-0.1, -0.05) is 12.1 Å². The van der Waals surface area contributed by atoms with Gasteiger partial charge in [-0.15, -0.1) is 0 Å². The molecular formula is C27H27F3N6O3. The molecule has 0 saturated carbocycles. The average Bonchev–Trinajstić information content (AvgIpc) is 3.31. The second kappa shape index (κ2) is 9.67. The first kappa shape index (κ1) is 25.4. The van der Waals surface area contributed by atoms with Crippen LogP contribution < -0.4 is 15.0 Å². The van der Waals surface area contributed by atoms with Gasteiger partial charge in [0.05, 0.1) is 24.1 Å². The summed E-state index contributed by atoms with van der Waals surface area (Å²) in [5.41, 5.74) is 2.36. The van der Waals surface area contributed by atoms with Crippen LogP contribution in [0.3, 0.4) is 0 Å². The van der Waals surface area contributed by atoms with Gasteiger partial charge < -0.3 is 19.7 Å². The van der Waals surface area contributed by atoms with Gasteiger partial charge in [0.25, 0.3) is 5.91 Å². The van der Waals surface area contributed by atoms with Crippen LogP contribution in [0.4, 0.5) is 24.5 Å². The predicted octanol–water partition coefficient (Wildman–Crippen LogP) is 5.28. The number of hydrogen-bond acceptors (Lipinski definition) is 7. The Kier molecular flexibility index (Phi) is 6.29. The molecule has 6 rings (SSSR count). The third-order valence-corrected chi connectivity index (χ3v) is 7.18. The molecule has 1 aromatic carbocycles. The van der Waals surface area contributed by atoms with Crippen molar-refractivity contribution in [1.29, 1.82) is 0 Å². The Balaban J connectivity index is 1.28. The van der Waals surface area contributed by atoms with Crippen LogP contribution in [-0.2, 0) is 10.9 Å². The molecule has 1 fully saturated rings. The van der Waals surface area contributed by atoms with Crippen molar-refractivity contribution >= 4 is 23.5 Å². The second-order valence-electron chi connectivity index (χ2n) is 9.96. The van der Waals surface area contributed by atoms with Gasteiger partial charge in [0, 0.05) is 12.3 Å². The number of amides is 1. The molecule has 1 N–H and O–H groups in total. The maximum atomic E-state index is 14.0. The minimum absolute atomic E-state index is 0.132. The molecule has 3 aliphatic rings. The topological polar surface area (TPSA) is 93.9 Å². The van der Waals surface area contributed by atoms with Crippen molar-refractivity contribution in [3.05, 3.63) is 64.7 Å². The van der Waals surface area contributed by atoms with E-state index in [1.165, 1.54) is 12.3 Å². The molecule has 1 saturated heterocycles. The summed E-state index contributed by atoms with van der Waals surface area (Å²) in [6.07, 6.45) is 0.329. The average molecular weight is 541 g/mol. The molecule has 3 aliphatic heterocycles. The summed E-state index contributed by atoms with van der Waals surface area (Å²) in [5, 5.41) is 7.57.